The number of aryl methyl sites for hydroxylation is 2. The number of H-pyrrole nitrogens is 1. The van der Waals surface area contributed by atoms with Gasteiger partial charge < -0.3 is 16.0 Å². The van der Waals surface area contributed by atoms with Gasteiger partial charge in [0.1, 0.15) is 6.04 Å². The van der Waals surface area contributed by atoms with Crippen LogP contribution in [0.15, 0.2) is 30.3 Å². The van der Waals surface area contributed by atoms with Crippen LogP contribution in [0.5, 0.6) is 0 Å². The standard InChI is InChI=1S/C23H28N4O3/c1-13-10-14(2)25-17(13)11-16-15-8-6-7-9-19(15)27(21(16)29)22(30)26-18(12-24)20(28)23(3,4)5/h6-11,18,25H,12,24H2,1-5H3,(H,26,30)/b16-11-. The van der Waals surface area contributed by atoms with Crippen LogP contribution in [0.1, 0.15) is 43.3 Å². The summed E-state index contributed by atoms with van der Waals surface area (Å²) in [6.45, 7) is 9.15. The Hall–Kier alpha value is -3.19. The van der Waals surface area contributed by atoms with Crippen LogP contribution in [0, 0.1) is 19.3 Å². The second kappa shape index (κ2) is 7.91. The number of Topliss-reactive ketones (excluding diaryl/α,β-unsaturated/α-hetero) is 1. The Morgan fingerprint density at radius 2 is 1.90 bits per heavy atom. The van der Waals surface area contributed by atoms with Gasteiger partial charge >= 0.3 is 6.03 Å². The van der Waals surface area contributed by atoms with Crippen LogP contribution in [-0.4, -0.2) is 35.3 Å². The van der Waals surface area contributed by atoms with Gasteiger partial charge in [-0.05, 0) is 37.6 Å². The maximum atomic E-state index is 13.2. The van der Waals surface area contributed by atoms with Crippen molar-refractivity contribution in [1.82, 2.24) is 10.3 Å². The third-order valence-corrected chi connectivity index (χ3v) is 5.14. The van der Waals surface area contributed by atoms with Crippen molar-refractivity contribution in [2.24, 2.45) is 11.1 Å². The van der Waals surface area contributed by atoms with Gasteiger partial charge in [0.05, 0.1) is 11.3 Å². The van der Waals surface area contributed by atoms with Crippen LogP contribution in [-0.2, 0) is 9.59 Å². The molecule has 1 unspecified atom stereocenters. The highest BCUT2D eigenvalue weighted by atomic mass is 16.2. The second-order valence-electron chi connectivity index (χ2n) is 8.62. The Morgan fingerprint density at radius 1 is 1.23 bits per heavy atom. The van der Waals surface area contributed by atoms with Gasteiger partial charge in [0.2, 0.25) is 0 Å². The molecule has 0 spiro atoms. The minimum absolute atomic E-state index is 0.0465. The fourth-order valence-corrected chi connectivity index (χ4v) is 3.59. The summed E-state index contributed by atoms with van der Waals surface area (Å²) in [5, 5.41) is 2.64. The number of carbonyl (C=O) groups is 3. The van der Waals surface area contributed by atoms with Crippen LogP contribution < -0.4 is 16.0 Å². The van der Waals surface area contributed by atoms with Crippen molar-refractivity contribution in [2.75, 3.05) is 11.4 Å². The highest BCUT2D eigenvalue weighted by Crippen LogP contribution is 2.38. The zero-order valence-electron chi connectivity index (χ0n) is 18.0. The molecule has 0 saturated heterocycles. The molecule has 30 heavy (non-hydrogen) atoms. The number of ketones is 1. The van der Waals surface area contributed by atoms with E-state index in [2.05, 4.69) is 10.3 Å². The van der Waals surface area contributed by atoms with Crippen LogP contribution in [0.4, 0.5) is 10.5 Å². The second-order valence-corrected chi connectivity index (χ2v) is 8.62. The zero-order chi connectivity index (χ0) is 22.2. The van der Waals surface area contributed by atoms with Gasteiger partial charge in [0, 0.05) is 28.9 Å². The lowest BCUT2D eigenvalue weighted by molar-refractivity contribution is -0.128. The summed E-state index contributed by atoms with van der Waals surface area (Å²) in [5.41, 5.74) is 9.43. The Labute approximate surface area is 176 Å². The number of carbonyl (C=O) groups excluding carboxylic acids is 3. The fourth-order valence-electron chi connectivity index (χ4n) is 3.59. The molecular weight excluding hydrogens is 380 g/mol. The number of hydrogen-bond acceptors (Lipinski definition) is 4. The van der Waals surface area contributed by atoms with Gasteiger partial charge in [0.15, 0.2) is 5.78 Å². The molecular formula is C23H28N4O3. The minimum Gasteiger partial charge on any atom is -0.359 e. The number of aromatic amines is 1. The summed E-state index contributed by atoms with van der Waals surface area (Å²) in [7, 11) is 0. The van der Waals surface area contributed by atoms with Gasteiger partial charge in [-0.15, -0.1) is 0 Å². The van der Waals surface area contributed by atoms with Gasteiger partial charge in [-0.2, -0.15) is 0 Å². The summed E-state index contributed by atoms with van der Waals surface area (Å²) in [5.74, 6) is -0.633. The maximum absolute atomic E-state index is 13.2. The Kier molecular flexibility index (Phi) is 5.67. The molecule has 1 aromatic carbocycles. The summed E-state index contributed by atoms with van der Waals surface area (Å²) in [6.07, 6.45) is 1.76. The van der Waals surface area contributed by atoms with E-state index >= 15 is 0 Å². The predicted octanol–water partition coefficient (Wildman–Crippen LogP) is 3.17. The highest BCUT2D eigenvalue weighted by molar-refractivity contribution is 6.42. The molecule has 1 aromatic heterocycles. The zero-order valence-corrected chi connectivity index (χ0v) is 18.0. The van der Waals surface area contributed by atoms with Gasteiger partial charge in [-0.3, -0.25) is 9.59 Å². The van der Waals surface area contributed by atoms with Crippen molar-refractivity contribution in [2.45, 2.75) is 40.7 Å². The molecule has 1 atom stereocenters. The largest absolute Gasteiger partial charge is 0.359 e. The molecule has 158 valence electrons. The van der Waals surface area contributed by atoms with Crippen LogP contribution in [0.3, 0.4) is 0 Å². The van der Waals surface area contributed by atoms with E-state index in [0.29, 0.717) is 16.8 Å². The molecule has 7 nitrogen and oxygen atoms in total. The first kappa shape index (κ1) is 21.5. The topological polar surface area (TPSA) is 108 Å². The van der Waals surface area contributed by atoms with Gasteiger partial charge in [0.25, 0.3) is 5.91 Å². The number of hydrogen-bond donors (Lipinski definition) is 3. The number of nitrogens with zero attached hydrogens (tertiary/aromatic N) is 1. The molecule has 0 fully saturated rings. The minimum atomic E-state index is -0.876. The first-order chi connectivity index (χ1) is 14.0. The average molecular weight is 409 g/mol. The Morgan fingerprint density at radius 3 is 2.47 bits per heavy atom. The van der Waals surface area contributed by atoms with Crippen LogP contribution in [0.25, 0.3) is 11.6 Å². The smallest absolute Gasteiger partial charge is 0.329 e. The van der Waals surface area contributed by atoms with Gasteiger partial charge in [-0.1, -0.05) is 39.0 Å². The summed E-state index contributed by atoms with van der Waals surface area (Å²) in [4.78, 5) is 43.2. The van der Waals surface area contributed by atoms with E-state index in [1.165, 1.54) is 0 Å². The summed E-state index contributed by atoms with van der Waals surface area (Å²) < 4.78 is 0. The van der Waals surface area contributed by atoms with Crippen molar-refractivity contribution in [1.29, 1.82) is 0 Å². The van der Waals surface area contributed by atoms with Gasteiger partial charge in [-0.25, -0.2) is 9.69 Å². The summed E-state index contributed by atoms with van der Waals surface area (Å²) in [6, 6.07) is 7.55. The SMILES string of the molecule is Cc1cc(C)c(/C=C2\C(=O)N(C(=O)NC(CN)C(=O)C(C)(C)C)c3ccccc32)[nH]1. The molecule has 1 aliphatic rings. The number of imide groups is 1. The molecule has 3 amide bonds. The van der Waals surface area contributed by atoms with Crippen molar-refractivity contribution in [3.05, 3.63) is 52.8 Å². The molecule has 0 aliphatic carbocycles. The highest BCUT2D eigenvalue weighted by Gasteiger charge is 2.39. The Bertz CT molecular complexity index is 1040. The first-order valence-corrected chi connectivity index (χ1v) is 9.91. The number of urea groups is 1. The van der Waals surface area contributed by atoms with E-state index in [1.807, 2.05) is 26.0 Å². The van der Waals surface area contributed by atoms with Crippen LogP contribution >= 0.6 is 0 Å². The quantitative estimate of drug-likeness (QED) is 0.675. The number of para-hydroxylation sites is 1. The molecule has 7 heteroatoms. The lowest BCUT2D eigenvalue weighted by atomic mass is 9.86. The molecule has 3 rings (SSSR count). The van der Waals surface area contributed by atoms with E-state index in [4.69, 9.17) is 5.73 Å². The number of amides is 3. The Balaban J connectivity index is 1.96. The third kappa shape index (κ3) is 3.93. The number of nitrogens with two attached hydrogens (primary N) is 1. The lowest BCUT2D eigenvalue weighted by Crippen LogP contribution is -2.54. The average Bonchev–Trinajstić information content (AvgIpc) is 3.14. The molecule has 1 aliphatic heterocycles. The third-order valence-electron chi connectivity index (χ3n) is 5.14. The van der Waals surface area contributed by atoms with Crippen molar-refractivity contribution < 1.29 is 14.4 Å². The normalized spacial score (nSPS) is 16.0. The lowest BCUT2D eigenvalue weighted by Gasteiger charge is -2.26. The number of fused-ring (bicyclic) bond motifs is 1. The molecule has 0 bridgehead atoms. The number of aromatic nitrogens is 1. The van der Waals surface area contributed by atoms with E-state index in [9.17, 15) is 14.4 Å². The molecule has 2 aromatic rings. The van der Waals surface area contributed by atoms with Crippen molar-refractivity contribution in [3.8, 4) is 0 Å². The molecule has 0 radical (unpaired) electrons. The first-order valence-electron chi connectivity index (χ1n) is 9.91. The van der Waals surface area contributed by atoms with E-state index in [-0.39, 0.29) is 12.3 Å². The van der Waals surface area contributed by atoms with Crippen LogP contribution in [0.2, 0.25) is 0 Å². The van der Waals surface area contributed by atoms with E-state index in [0.717, 1.165) is 21.9 Å². The van der Waals surface area contributed by atoms with E-state index < -0.39 is 23.4 Å². The number of benzene rings is 1. The fraction of sp³-hybridized carbons (Fsp3) is 0.348. The predicted molar refractivity (Wildman–Crippen MR) is 118 cm³/mol. The summed E-state index contributed by atoms with van der Waals surface area (Å²) >= 11 is 0. The maximum Gasteiger partial charge on any atom is 0.329 e. The number of rotatable bonds is 4. The molecule has 0 saturated carbocycles. The van der Waals surface area contributed by atoms with Crippen molar-refractivity contribution >= 4 is 35.1 Å². The monoisotopic (exact) mass is 408 g/mol. The van der Waals surface area contributed by atoms with Crippen molar-refractivity contribution in [3.63, 3.8) is 0 Å². The number of anilines is 1. The number of nitrogens with one attached hydrogen (secondary N) is 2. The molecule has 4 N–H and O–H groups in total. The van der Waals surface area contributed by atoms with E-state index in [1.54, 1.807) is 45.0 Å². The molecule has 2 heterocycles.